The maximum atomic E-state index is 12.1. The first kappa shape index (κ1) is 21.0. The van der Waals surface area contributed by atoms with Crippen molar-refractivity contribution in [1.82, 2.24) is 10.2 Å². The lowest BCUT2D eigenvalue weighted by Crippen LogP contribution is -2.44. The average molecular weight is 418 g/mol. The van der Waals surface area contributed by atoms with Gasteiger partial charge in [0.15, 0.2) is 0 Å². The van der Waals surface area contributed by atoms with Crippen molar-refractivity contribution in [2.75, 3.05) is 43.9 Å². The van der Waals surface area contributed by atoms with Crippen molar-refractivity contribution in [3.05, 3.63) is 59.1 Å². The fourth-order valence-electron chi connectivity index (χ4n) is 3.13. The van der Waals surface area contributed by atoms with Gasteiger partial charge >= 0.3 is 0 Å². The van der Waals surface area contributed by atoms with Crippen LogP contribution < -0.4 is 10.2 Å². The van der Waals surface area contributed by atoms with Gasteiger partial charge in [-0.15, -0.1) is 11.8 Å². The Morgan fingerprint density at radius 3 is 2.39 bits per heavy atom. The summed E-state index contributed by atoms with van der Waals surface area (Å²) in [6.07, 6.45) is 1.42. The van der Waals surface area contributed by atoms with Gasteiger partial charge in [0.05, 0.1) is 0 Å². The normalized spacial score (nSPS) is 14.9. The highest BCUT2D eigenvalue weighted by atomic mass is 35.5. The minimum absolute atomic E-state index is 0.111. The number of carbonyl (C=O) groups is 1. The van der Waals surface area contributed by atoms with Crippen molar-refractivity contribution in [1.29, 1.82) is 0 Å². The molecule has 2 aromatic rings. The van der Waals surface area contributed by atoms with E-state index in [0.29, 0.717) is 13.0 Å². The Kier molecular flexibility index (Phi) is 8.07. The molecule has 0 radical (unpaired) electrons. The average Bonchev–Trinajstić information content (AvgIpc) is 2.72. The first-order valence-electron chi connectivity index (χ1n) is 9.78. The van der Waals surface area contributed by atoms with Gasteiger partial charge in [-0.05, 0) is 61.2 Å². The van der Waals surface area contributed by atoms with Crippen LogP contribution in [0, 0.1) is 0 Å². The summed E-state index contributed by atoms with van der Waals surface area (Å²) < 4.78 is 0. The van der Waals surface area contributed by atoms with E-state index in [2.05, 4.69) is 46.4 Å². The molecule has 2 aromatic carbocycles. The monoisotopic (exact) mass is 417 g/mol. The third-order valence-electron chi connectivity index (χ3n) is 4.92. The van der Waals surface area contributed by atoms with Gasteiger partial charge in [-0.3, -0.25) is 4.79 Å². The first-order valence-corrected chi connectivity index (χ1v) is 11.1. The molecule has 1 heterocycles. The molecule has 1 aliphatic heterocycles. The third kappa shape index (κ3) is 6.73. The van der Waals surface area contributed by atoms with Crippen molar-refractivity contribution in [3.8, 4) is 0 Å². The zero-order chi connectivity index (χ0) is 19.8. The summed E-state index contributed by atoms with van der Waals surface area (Å²) in [6, 6.07) is 16.4. The van der Waals surface area contributed by atoms with Gasteiger partial charge in [0.25, 0.3) is 0 Å². The molecular formula is C22H28ClN3OS. The first-order chi connectivity index (χ1) is 13.6. The molecule has 0 atom stereocenters. The maximum absolute atomic E-state index is 12.1. The predicted octanol–water partition coefficient (Wildman–Crippen LogP) is 4.28. The van der Waals surface area contributed by atoms with Crippen molar-refractivity contribution >= 4 is 35.0 Å². The molecule has 0 aromatic heterocycles. The molecule has 0 aliphatic carbocycles. The Hall–Kier alpha value is -1.69. The van der Waals surface area contributed by atoms with Crippen molar-refractivity contribution in [3.63, 3.8) is 0 Å². The molecule has 0 unspecified atom stereocenters. The summed E-state index contributed by atoms with van der Waals surface area (Å²) in [5.41, 5.74) is 2.41. The lowest BCUT2D eigenvalue weighted by molar-refractivity contribution is -0.121. The van der Waals surface area contributed by atoms with Crippen LogP contribution in [0.25, 0.3) is 0 Å². The van der Waals surface area contributed by atoms with Gasteiger partial charge in [0, 0.05) is 54.8 Å². The number of amides is 1. The van der Waals surface area contributed by atoms with Crippen LogP contribution in [-0.4, -0.2) is 49.8 Å². The van der Waals surface area contributed by atoms with E-state index in [1.54, 1.807) is 11.8 Å². The van der Waals surface area contributed by atoms with Crippen LogP contribution >= 0.6 is 23.4 Å². The van der Waals surface area contributed by atoms with Gasteiger partial charge in [0.2, 0.25) is 5.91 Å². The molecule has 28 heavy (non-hydrogen) atoms. The fourth-order valence-corrected chi connectivity index (χ4v) is 4.11. The van der Waals surface area contributed by atoms with Crippen LogP contribution in [0.2, 0.25) is 5.02 Å². The number of nitrogens with zero attached hydrogens (tertiary/aromatic N) is 2. The standard InChI is InChI=1S/C22H28ClN3OS/c1-25-12-14-26(15-13-25)20-8-4-18(5-9-20)17-24-22(27)3-2-16-28-21-10-6-19(23)7-11-21/h4-11H,2-3,12-17H2,1H3,(H,24,27). The van der Waals surface area contributed by atoms with E-state index >= 15 is 0 Å². The van der Waals surface area contributed by atoms with E-state index in [1.807, 2.05) is 24.3 Å². The number of hydrogen-bond acceptors (Lipinski definition) is 4. The second-order valence-corrected chi connectivity index (χ2v) is 8.74. The number of anilines is 1. The molecule has 1 aliphatic rings. The highest BCUT2D eigenvalue weighted by Crippen LogP contribution is 2.21. The van der Waals surface area contributed by atoms with E-state index in [-0.39, 0.29) is 5.91 Å². The molecule has 1 N–H and O–H groups in total. The van der Waals surface area contributed by atoms with Crippen LogP contribution in [0.4, 0.5) is 5.69 Å². The lowest BCUT2D eigenvalue weighted by Gasteiger charge is -2.34. The Labute approximate surface area is 177 Å². The summed E-state index contributed by atoms with van der Waals surface area (Å²) in [4.78, 5) is 18.0. The second-order valence-electron chi connectivity index (χ2n) is 7.14. The minimum Gasteiger partial charge on any atom is -0.369 e. The van der Waals surface area contributed by atoms with E-state index in [9.17, 15) is 4.79 Å². The molecule has 150 valence electrons. The zero-order valence-corrected chi connectivity index (χ0v) is 17.9. The molecule has 1 fully saturated rings. The number of nitrogens with one attached hydrogen (secondary N) is 1. The Balaban J connectivity index is 1.33. The number of benzene rings is 2. The number of thioether (sulfide) groups is 1. The topological polar surface area (TPSA) is 35.6 Å². The van der Waals surface area contributed by atoms with Crippen LogP contribution in [0.1, 0.15) is 18.4 Å². The van der Waals surface area contributed by atoms with Crippen molar-refractivity contribution < 1.29 is 4.79 Å². The summed E-state index contributed by atoms with van der Waals surface area (Å²) >= 11 is 7.64. The van der Waals surface area contributed by atoms with Gasteiger partial charge in [-0.1, -0.05) is 23.7 Å². The van der Waals surface area contributed by atoms with Gasteiger partial charge in [-0.2, -0.15) is 0 Å². The van der Waals surface area contributed by atoms with Crippen LogP contribution in [0.15, 0.2) is 53.4 Å². The predicted molar refractivity (Wildman–Crippen MR) is 119 cm³/mol. The van der Waals surface area contributed by atoms with Crippen molar-refractivity contribution in [2.45, 2.75) is 24.3 Å². The van der Waals surface area contributed by atoms with E-state index < -0.39 is 0 Å². The highest BCUT2D eigenvalue weighted by molar-refractivity contribution is 7.99. The van der Waals surface area contributed by atoms with Crippen LogP contribution in [-0.2, 0) is 11.3 Å². The summed E-state index contributed by atoms with van der Waals surface area (Å²) in [7, 11) is 2.17. The highest BCUT2D eigenvalue weighted by Gasteiger charge is 2.13. The lowest BCUT2D eigenvalue weighted by atomic mass is 10.1. The van der Waals surface area contributed by atoms with E-state index in [1.165, 1.54) is 10.6 Å². The maximum Gasteiger partial charge on any atom is 0.220 e. The number of likely N-dealkylation sites (N-methyl/N-ethyl adjacent to an activating group) is 1. The molecule has 1 saturated heterocycles. The summed E-state index contributed by atoms with van der Waals surface area (Å²) in [5.74, 6) is 1.04. The molecule has 3 rings (SSSR count). The molecular weight excluding hydrogens is 390 g/mol. The molecule has 1 amide bonds. The van der Waals surface area contributed by atoms with E-state index in [4.69, 9.17) is 11.6 Å². The van der Waals surface area contributed by atoms with Crippen LogP contribution in [0.5, 0.6) is 0 Å². The molecule has 6 heteroatoms. The Morgan fingerprint density at radius 2 is 1.71 bits per heavy atom. The van der Waals surface area contributed by atoms with Crippen molar-refractivity contribution in [2.24, 2.45) is 0 Å². The van der Waals surface area contributed by atoms with Crippen LogP contribution in [0.3, 0.4) is 0 Å². The number of piperazine rings is 1. The molecule has 0 spiro atoms. The Morgan fingerprint density at radius 1 is 1.04 bits per heavy atom. The van der Waals surface area contributed by atoms with Gasteiger partial charge in [-0.25, -0.2) is 0 Å². The zero-order valence-electron chi connectivity index (χ0n) is 16.4. The number of halogens is 1. The number of hydrogen-bond donors (Lipinski definition) is 1. The number of carbonyl (C=O) groups excluding carboxylic acids is 1. The quantitative estimate of drug-likeness (QED) is 0.513. The molecule has 0 bridgehead atoms. The summed E-state index contributed by atoms with van der Waals surface area (Å²) in [6.45, 7) is 4.94. The minimum atomic E-state index is 0.111. The molecule has 0 saturated carbocycles. The van der Waals surface area contributed by atoms with Gasteiger partial charge < -0.3 is 15.1 Å². The largest absolute Gasteiger partial charge is 0.369 e. The second kappa shape index (κ2) is 10.7. The summed E-state index contributed by atoms with van der Waals surface area (Å²) in [5, 5.41) is 3.77. The fraction of sp³-hybridized carbons (Fsp3) is 0.409. The SMILES string of the molecule is CN1CCN(c2ccc(CNC(=O)CCCSc3ccc(Cl)cc3)cc2)CC1. The van der Waals surface area contributed by atoms with E-state index in [0.717, 1.165) is 48.9 Å². The number of rotatable bonds is 8. The smallest absolute Gasteiger partial charge is 0.220 e. The third-order valence-corrected chi connectivity index (χ3v) is 6.28. The molecule has 4 nitrogen and oxygen atoms in total. The Bertz CT molecular complexity index is 743. The van der Waals surface area contributed by atoms with Gasteiger partial charge in [0.1, 0.15) is 0 Å².